The highest BCUT2D eigenvalue weighted by molar-refractivity contribution is 14.0. The van der Waals surface area contributed by atoms with Crippen LogP contribution in [0.4, 0.5) is 0 Å². The minimum absolute atomic E-state index is 0. The van der Waals surface area contributed by atoms with E-state index in [-0.39, 0.29) is 24.0 Å². The van der Waals surface area contributed by atoms with Crippen LogP contribution in [0, 0.1) is 0 Å². The Kier molecular flexibility index (Phi) is 10.6. The molecule has 0 radical (unpaired) electrons. The summed E-state index contributed by atoms with van der Waals surface area (Å²) in [7, 11) is 2.06. The van der Waals surface area contributed by atoms with Crippen LogP contribution >= 0.6 is 35.6 Å². The predicted octanol–water partition coefficient (Wildman–Crippen LogP) is 4.25. The Hall–Kier alpha value is -1.35. The molecule has 0 fully saturated rings. The number of hydrogen-bond donors (Lipinski definition) is 1. The molecule has 144 valence electrons. The second-order valence-corrected chi connectivity index (χ2v) is 6.22. The van der Waals surface area contributed by atoms with Gasteiger partial charge in [-0.1, -0.05) is 30.1 Å². The Balaban J connectivity index is 0.00000338. The van der Waals surface area contributed by atoms with Crippen LogP contribution in [0.3, 0.4) is 0 Å². The van der Waals surface area contributed by atoms with E-state index in [0.29, 0.717) is 29.7 Å². The maximum atomic E-state index is 5.90. The molecule has 0 spiro atoms. The van der Waals surface area contributed by atoms with Gasteiger partial charge in [0.2, 0.25) is 11.7 Å². The highest BCUT2D eigenvalue weighted by Crippen LogP contribution is 2.18. The molecule has 0 saturated carbocycles. The van der Waals surface area contributed by atoms with Crippen molar-refractivity contribution in [1.29, 1.82) is 0 Å². The number of nitrogens with one attached hydrogen (secondary N) is 1. The zero-order chi connectivity index (χ0) is 18.1. The third kappa shape index (κ3) is 7.11. The van der Waals surface area contributed by atoms with Gasteiger partial charge in [0.1, 0.15) is 0 Å². The lowest BCUT2D eigenvalue weighted by molar-refractivity contribution is 0.380. The van der Waals surface area contributed by atoms with Gasteiger partial charge in [0.25, 0.3) is 0 Å². The largest absolute Gasteiger partial charge is 0.357 e. The van der Waals surface area contributed by atoms with Crippen LogP contribution in [-0.2, 0) is 6.42 Å². The number of hydrogen-bond acceptors (Lipinski definition) is 4. The second kappa shape index (κ2) is 12.1. The highest BCUT2D eigenvalue weighted by atomic mass is 127. The predicted molar refractivity (Wildman–Crippen MR) is 117 cm³/mol. The first kappa shape index (κ1) is 22.7. The van der Waals surface area contributed by atoms with Gasteiger partial charge < -0.3 is 14.7 Å². The minimum Gasteiger partial charge on any atom is -0.357 e. The van der Waals surface area contributed by atoms with Gasteiger partial charge in [-0.2, -0.15) is 4.98 Å². The van der Waals surface area contributed by atoms with Crippen molar-refractivity contribution in [3.8, 4) is 11.4 Å². The molecule has 2 rings (SSSR count). The molecule has 0 aliphatic rings. The van der Waals surface area contributed by atoms with Gasteiger partial charge in [0.05, 0.1) is 6.54 Å². The normalized spacial score (nSPS) is 11.2. The lowest BCUT2D eigenvalue weighted by Crippen LogP contribution is -2.39. The van der Waals surface area contributed by atoms with Crippen molar-refractivity contribution in [3.05, 3.63) is 35.2 Å². The Labute approximate surface area is 177 Å². The van der Waals surface area contributed by atoms with Crippen molar-refractivity contribution in [3.63, 3.8) is 0 Å². The molecule has 8 heteroatoms. The van der Waals surface area contributed by atoms with Crippen molar-refractivity contribution < 1.29 is 4.52 Å². The Morgan fingerprint density at radius 1 is 1.27 bits per heavy atom. The van der Waals surface area contributed by atoms with E-state index >= 15 is 0 Å². The fourth-order valence-corrected chi connectivity index (χ4v) is 2.43. The molecular formula is C18H27ClIN5O. The molecule has 6 nitrogen and oxygen atoms in total. The fourth-order valence-electron chi connectivity index (χ4n) is 2.30. The van der Waals surface area contributed by atoms with Gasteiger partial charge in [-0.3, -0.25) is 4.99 Å². The molecule has 1 aromatic carbocycles. The third-order valence-corrected chi connectivity index (χ3v) is 3.95. The van der Waals surface area contributed by atoms with E-state index in [1.165, 1.54) is 6.42 Å². The van der Waals surface area contributed by atoms with Crippen molar-refractivity contribution in [2.75, 3.05) is 26.7 Å². The topological polar surface area (TPSA) is 66.5 Å². The Morgan fingerprint density at radius 2 is 2.00 bits per heavy atom. The van der Waals surface area contributed by atoms with Crippen LogP contribution < -0.4 is 5.32 Å². The molecule has 2 aromatic rings. The fraction of sp³-hybridized carbons (Fsp3) is 0.500. The van der Waals surface area contributed by atoms with Crippen molar-refractivity contribution in [2.24, 2.45) is 4.99 Å². The summed E-state index contributed by atoms with van der Waals surface area (Å²) in [5, 5.41) is 8.02. The molecule has 1 aromatic heterocycles. The van der Waals surface area contributed by atoms with E-state index < -0.39 is 0 Å². The maximum Gasteiger partial charge on any atom is 0.228 e. The standard InChI is InChI=1S/C18H26ClN5O.HI/c1-4-6-13-24(3)18(20-5-2)21-12-11-16-22-17(23-25-16)14-7-9-15(19)10-8-14;/h7-10H,4-6,11-13H2,1-3H3,(H,20,21);1H. The molecule has 0 aliphatic heterocycles. The summed E-state index contributed by atoms with van der Waals surface area (Å²) >= 11 is 5.90. The van der Waals surface area contributed by atoms with Crippen LogP contribution in [0.15, 0.2) is 33.8 Å². The summed E-state index contributed by atoms with van der Waals surface area (Å²) in [5.41, 5.74) is 0.885. The minimum atomic E-state index is 0. The van der Waals surface area contributed by atoms with Gasteiger partial charge in [0.15, 0.2) is 5.96 Å². The van der Waals surface area contributed by atoms with E-state index in [1.807, 2.05) is 24.3 Å². The lowest BCUT2D eigenvalue weighted by Gasteiger charge is -2.21. The highest BCUT2D eigenvalue weighted by Gasteiger charge is 2.09. The van der Waals surface area contributed by atoms with E-state index in [9.17, 15) is 0 Å². The second-order valence-electron chi connectivity index (χ2n) is 5.78. The summed E-state index contributed by atoms with van der Waals surface area (Å²) in [4.78, 5) is 11.2. The first-order valence-electron chi connectivity index (χ1n) is 8.72. The molecule has 1 N–H and O–H groups in total. The molecule has 0 unspecified atom stereocenters. The van der Waals surface area contributed by atoms with Crippen molar-refractivity contribution in [1.82, 2.24) is 20.4 Å². The smallest absolute Gasteiger partial charge is 0.228 e. The molecule has 26 heavy (non-hydrogen) atoms. The molecule has 0 aliphatic carbocycles. The van der Waals surface area contributed by atoms with Crippen LogP contribution in [0.25, 0.3) is 11.4 Å². The van der Waals surface area contributed by atoms with E-state index in [2.05, 4.69) is 46.2 Å². The van der Waals surface area contributed by atoms with Crippen molar-refractivity contribution >= 4 is 41.5 Å². The number of nitrogens with zero attached hydrogens (tertiary/aromatic N) is 4. The number of aromatic nitrogens is 2. The molecular weight excluding hydrogens is 465 g/mol. The van der Waals surface area contributed by atoms with Crippen LogP contribution in [0.1, 0.15) is 32.6 Å². The maximum absolute atomic E-state index is 5.90. The van der Waals surface area contributed by atoms with E-state index in [1.54, 1.807) is 0 Å². The molecule has 0 bridgehead atoms. The molecule has 0 amide bonds. The number of halogens is 2. The first-order valence-corrected chi connectivity index (χ1v) is 9.09. The zero-order valence-electron chi connectivity index (χ0n) is 15.5. The Bertz CT molecular complexity index is 674. The molecule has 1 heterocycles. The number of benzene rings is 1. The number of aliphatic imine (C=N–C) groups is 1. The van der Waals surface area contributed by atoms with E-state index in [4.69, 9.17) is 16.1 Å². The van der Waals surface area contributed by atoms with Crippen LogP contribution in [-0.4, -0.2) is 47.7 Å². The number of rotatable bonds is 8. The summed E-state index contributed by atoms with van der Waals surface area (Å²) < 4.78 is 5.32. The van der Waals surface area contributed by atoms with E-state index in [0.717, 1.165) is 31.0 Å². The zero-order valence-corrected chi connectivity index (χ0v) is 18.6. The van der Waals surface area contributed by atoms with Gasteiger partial charge in [-0.25, -0.2) is 0 Å². The van der Waals surface area contributed by atoms with Crippen LogP contribution in [0.5, 0.6) is 0 Å². The van der Waals surface area contributed by atoms with Gasteiger partial charge in [0, 0.05) is 37.1 Å². The first-order chi connectivity index (χ1) is 12.1. The molecule has 0 atom stereocenters. The molecule has 0 saturated heterocycles. The third-order valence-electron chi connectivity index (χ3n) is 3.70. The number of guanidine groups is 1. The summed E-state index contributed by atoms with van der Waals surface area (Å²) in [5.74, 6) is 2.07. The summed E-state index contributed by atoms with van der Waals surface area (Å²) in [6.07, 6.45) is 2.92. The van der Waals surface area contributed by atoms with Crippen molar-refractivity contribution in [2.45, 2.75) is 33.1 Å². The number of unbranched alkanes of at least 4 members (excludes halogenated alkanes) is 1. The lowest BCUT2D eigenvalue weighted by atomic mass is 10.2. The van der Waals surface area contributed by atoms with Gasteiger partial charge in [-0.05, 0) is 37.6 Å². The average molecular weight is 492 g/mol. The quantitative estimate of drug-likeness (QED) is 0.340. The monoisotopic (exact) mass is 491 g/mol. The van der Waals surface area contributed by atoms with Crippen LogP contribution in [0.2, 0.25) is 5.02 Å². The van der Waals surface area contributed by atoms with Gasteiger partial charge in [-0.15, -0.1) is 24.0 Å². The van der Waals surface area contributed by atoms with Gasteiger partial charge >= 0.3 is 0 Å². The summed E-state index contributed by atoms with van der Waals surface area (Å²) in [6.45, 7) is 6.69. The Morgan fingerprint density at radius 3 is 2.65 bits per heavy atom. The average Bonchev–Trinajstić information content (AvgIpc) is 3.08. The summed E-state index contributed by atoms with van der Waals surface area (Å²) in [6, 6.07) is 7.38. The SMILES string of the molecule is CCCCN(C)C(=NCCc1nc(-c2ccc(Cl)cc2)no1)NCC.I.